The van der Waals surface area contributed by atoms with Crippen molar-refractivity contribution in [1.82, 2.24) is 10.2 Å². The number of piperazine rings is 1. The van der Waals surface area contributed by atoms with E-state index >= 15 is 0 Å². The SMILES string of the molecule is CCO[C@@H]1COCCC1N[C@@H]1CCC(C(=O)N2CCN(c3cccc(C(F)(F)F)c3)CC2)(C(C)C)C1. The van der Waals surface area contributed by atoms with Gasteiger partial charge < -0.3 is 24.6 Å². The third-order valence-corrected chi connectivity index (χ3v) is 8.32. The third kappa shape index (κ3) is 5.83. The Morgan fingerprint density at radius 3 is 2.64 bits per heavy atom. The Bertz CT molecular complexity index is 887. The predicted molar refractivity (Wildman–Crippen MR) is 133 cm³/mol. The Hall–Kier alpha value is -1.84. The van der Waals surface area contributed by atoms with Crippen LogP contribution in [0.15, 0.2) is 24.3 Å². The number of hydrogen-bond acceptors (Lipinski definition) is 5. The first-order chi connectivity index (χ1) is 17.1. The molecule has 0 bridgehead atoms. The monoisotopic (exact) mass is 511 g/mol. The number of hydrogen-bond donors (Lipinski definition) is 1. The molecule has 2 aliphatic heterocycles. The van der Waals surface area contributed by atoms with Crippen LogP contribution in [-0.4, -0.2) is 75.0 Å². The van der Waals surface area contributed by atoms with Gasteiger partial charge in [-0.15, -0.1) is 0 Å². The summed E-state index contributed by atoms with van der Waals surface area (Å²) in [6, 6.07) is 5.94. The molecule has 4 rings (SSSR count). The average Bonchev–Trinajstić information content (AvgIpc) is 3.30. The summed E-state index contributed by atoms with van der Waals surface area (Å²) in [6.07, 6.45) is -0.827. The first-order valence-corrected chi connectivity index (χ1v) is 13.3. The van der Waals surface area contributed by atoms with E-state index in [0.29, 0.717) is 45.1 Å². The minimum atomic E-state index is -4.36. The molecule has 202 valence electrons. The number of anilines is 1. The lowest BCUT2D eigenvalue weighted by atomic mass is 9.74. The number of ether oxygens (including phenoxy) is 2. The molecule has 0 radical (unpaired) electrons. The summed E-state index contributed by atoms with van der Waals surface area (Å²) in [5.74, 6) is 0.398. The van der Waals surface area contributed by atoms with Crippen LogP contribution < -0.4 is 10.2 Å². The summed E-state index contributed by atoms with van der Waals surface area (Å²) in [4.78, 5) is 17.8. The molecule has 2 heterocycles. The molecule has 3 aliphatic rings. The third-order valence-electron chi connectivity index (χ3n) is 8.32. The number of nitrogens with zero attached hydrogens (tertiary/aromatic N) is 2. The van der Waals surface area contributed by atoms with Gasteiger partial charge in [0, 0.05) is 57.2 Å². The van der Waals surface area contributed by atoms with Gasteiger partial charge in [-0.1, -0.05) is 19.9 Å². The Morgan fingerprint density at radius 2 is 1.97 bits per heavy atom. The molecule has 1 aromatic carbocycles. The Morgan fingerprint density at radius 1 is 1.22 bits per heavy atom. The number of amides is 1. The lowest BCUT2D eigenvalue weighted by Crippen LogP contribution is -2.55. The zero-order valence-corrected chi connectivity index (χ0v) is 21.7. The van der Waals surface area contributed by atoms with Crippen LogP contribution >= 0.6 is 0 Å². The maximum absolute atomic E-state index is 13.9. The van der Waals surface area contributed by atoms with Gasteiger partial charge in [0.05, 0.1) is 23.7 Å². The minimum Gasteiger partial charge on any atom is -0.379 e. The molecule has 0 aromatic heterocycles. The highest BCUT2D eigenvalue weighted by molar-refractivity contribution is 5.84. The van der Waals surface area contributed by atoms with Crippen LogP contribution in [0.4, 0.5) is 18.9 Å². The van der Waals surface area contributed by atoms with Gasteiger partial charge in [-0.05, 0) is 56.7 Å². The van der Waals surface area contributed by atoms with E-state index in [9.17, 15) is 18.0 Å². The van der Waals surface area contributed by atoms with E-state index < -0.39 is 17.2 Å². The number of alkyl halides is 3. The summed E-state index contributed by atoms with van der Waals surface area (Å²) in [7, 11) is 0. The summed E-state index contributed by atoms with van der Waals surface area (Å²) in [6.45, 7) is 10.3. The van der Waals surface area contributed by atoms with Crippen LogP contribution in [0.1, 0.15) is 52.0 Å². The molecule has 1 saturated carbocycles. The first kappa shape index (κ1) is 27.2. The molecule has 1 amide bonds. The van der Waals surface area contributed by atoms with E-state index in [1.807, 2.05) is 16.7 Å². The molecule has 6 nitrogen and oxygen atoms in total. The normalized spacial score (nSPS) is 29.7. The molecule has 36 heavy (non-hydrogen) atoms. The van der Waals surface area contributed by atoms with Gasteiger partial charge in [0.25, 0.3) is 0 Å². The molecular formula is C27H40F3N3O3. The summed E-state index contributed by atoms with van der Waals surface area (Å²) >= 11 is 0. The van der Waals surface area contributed by atoms with Crippen molar-refractivity contribution in [3.8, 4) is 0 Å². The summed E-state index contributed by atoms with van der Waals surface area (Å²) in [5.41, 5.74) is -0.499. The van der Waals surface area contributed by atoms with Gasteiger partial charge in [-0.3, -0.25) is 4.79 Å². The van der Waals surface area contributed by atoms with E-state index in [4.69, 9.17) is 9.47 Å². The highest BCUT2D eigenvalue weighted by Crippen LogP contribution is 2.46. The average molecular weight is 512 g/mol. The topological polar surface area (TPSA) is 54.0 Å². The van der Waals surface area contributed by atoms with Crippen LogP contribution in [-0.2, 0) is 20.4 Å². The number of halogens is 3. The maximum atomic E-state index is 13.9. The largest absolute Gasteiger partial charge is 0.416 e. The molecule has 2 saturated heterocycles. The predicted octanol–water partition coefficient (Wildman–Crippen LogP) is 4.33. The van der Waals surface area contributed by atoms with E-state index in [-0.39, 0.29) is 30.0 Å². The van der Waals surface area contributed by atoms with Gasteiger partial charge in [0.1, 0.15) is 0 Å². The van der Waals surface area contributed by atoms with Gasteiger partial charge in [0.15, 0.2) is 0 Å². The van der Waals surface area contributed by atoms with Crippen LogP contribution in [0.5, 0.6) is 0 Å². The fourth-order valence-electron chi connectivity index (χ4n) is 6.13. The number of rotatable bonds is 7. The molecule has 2 unspecified atom stereocenters. The number of benzene rings is 1. The second-order valence-corrected chi connectivity index (χ2v) is 10.7. The number of carbonyl (C=O) groups excluding carboxylic acids is 1. The van der Waals surface area contributed by atoms with Crippen LogP contribution in [0, 0.1) is 11.3 Å². The summed E-state index contributed by atoms with van der Waals surface area (Å²) in [5, 5.41) is 3.79. The van der Waals surface area contributed by atoms with Crippen molar-refractivity contribution in [2.45, 2.75) is 70.8 Å². The molecule has 3 fully saturated rings. The van der Waals surface area contributed by atoms with Gasteiger partial charge >= 0.3 is 6.18 Å². The van der Waals surface area contributed by atoms with E-state index in [0.717, 1.165) is 38.4 Å². The zero-order valence-electron chi connectivity index (χ0n) is 21.7. The van der Waals surface area contributed by atoms with Crippen molar-refractivity contribution >= 4 is 11.6 Å². The van der Waals surface area contributed by atoms with Crippen LogP contribution in [0.3, 0.4) is 0 Å². The second-order valence-electron chi connectivity index (χ2n) is 10.7. The van der Waals surface area contributed by atoms with E-state index in [1.165, 1.54) is 12.1 Å². The van der Waals surface area contributed by atoms with Crippen molar-refractivity contribution in [2.24, 2.45) is 11.3 Å². The van der Waals surface area contributed by atoms with Gasteiger partial charge in [-0.2, -0.15) is 13.2 Å². The molecule has 0 spiro atoms. The second kappa shape index (κ2) is 11.3. The lowest BCUT2D eigenvalue weighted by molar-refractivity contribution is -0.145. The molecule has 9 heteroatoms. The molecular weight excluding hydrogens is 471 g/mol. The van der Waals surface area contributed by atoms with E-state index in [1.54, 1.807) is 6.07 Å². The van der Waals surface area contributed by atoms with Gasteiger partial charge in [0.2, 0.25) is 5.91 Å². The number of nitrogens with one attached hydrogen (secondary N) is 1. The smallest absolute Gasteiger partial charge is 0.379 e. The van der Waals surface area contributed by atoms with Crippen molar-refractivity contribution in [1.29, 1.82) is 0 Å². The number of carbonyl (C=O) groups is 1. The quantitative estimate of drug-likeness (QED) is 0.591. The minimum absolute atomic E-state index is 0.0393. The molecule has 1 N–H and O–H groups in total. The Kier molecular flexibility index (Phi) is 8.52. The summed E-state index contributed by atoms with van der Waals surface area (Å²) < 4.78 is 50.9. The first-order valence-electron chi connectivity index (χ1n) is 13.3. The van der Waals surface area contributed by atoms with Crippen molar-refractivity contribution < 1.29 is 27.4 Å². The van der Waals surface area contributed by atoms with Crippen molar-refractivity contribution in [3.05, 3.63) is 29.8 Å². The van der Waals surface area contributed by atoms with Crippen LogP contribution in [0.2, 0.25) is 0 Å². The lowest BCUT2D eigenvalue weighted by Gasteiger charge is -2.42. The molecule has 1 aromatic rings. The highest BCUT2D eigenvalue weighted by Gasteiger charge is 2.50. The fraction of sp³-hybridized carbons (Fsp3) is 0.741. The van der Waals surface area contributed by atoms with Crippen molar-refractivity contribution in [3.63, 3.8) is 0 Å². The maximum Gasteiger partial charge on any atom is 0.416 e. The van der Waals surface area contributed by atoms with E-state index in [2.05, 4.69) is 19.2 Å². The van der Waals surface area contributed by atoms with Crippen LogP contribution in [0.25, 0.3) is 0 Å². The standard InChI is InChI=1S/C27H40F3N3O3/c1-4-36-24-18-35-15-9-23(24)31-21-8-10-26(17-21,19(2)3)25(34)33-13-11-32(12-14-33)22-7-5-6-20(16-22)27(28,29)30/h5-7,16,19,21,23-24,31H,4,8-15,17-18H2,1-3H3/t21-,23?,24-,26?/m1/s1. The zero-order chi connectivity index (χ0) is 25.9. The Balaban J connectivity index is 1.38. The Labute approximate surface area is 212 Å². The van der Waals surface area contributed by atoms with Crippen molar-refractivity contribution in [2.75, 3.05) is 50.9 Å². The highest BCUT2D eigenvalue weighted by atomic mass is 19.4. The fourth-order valence-corrected chi connectivity index (χ4v) is 6.13. The van der Waals surface area contributed by atoms with Gasteiger partial charge in [-0.25, -0.2) is 0 Å². The molecule has 1 aliphatic carbocycles. The molecule has 4 atom stereocenters.